The first kappa shape index (κ1) is 16.0. The molecule has 2 heterocycles. The number of amides is 1. The predicted molar refractivity (Wildman–Crippen MR) is 85.8 cm³/mol. The lowest BCUT2D eigenvalue weighted by Crippen LogP contribution is -2.35. The van der Waals surface area contributed by atoms with Crippen molar-refractivity contribution in [1.82, 2.24) is 15.2 Å². The van der Waals surface area contributed by atoms with E-state index in [1.165, 1.54) is 35.6 Å². The van der Waals surface area contributed by atoms with Gasteiger partial charge in [-0.25, -0.2) is 9.37 Å². The van der Waals surface area contributed by atoms with E-state index in [2.05, 4.69) is 15.2 Å². The monoisotopic (exact) mass is 335 g/mol. The number of carbonyl (C=O) groups excluding carboxylic acids is 1. The summed E-state index contributed by atoms with van der Waals surface area (Å²) in [5.41, 5.74) is 1.46. The van der Waals surface area contributed by atoms with Crippen molar-refractivity contribution in [2.45, 2.75) is 13.1 Å². The van der Waals surface area contributed by atoms with Crippen molar-refractivity contribution in [2.24, 2.45) is 0 Å². The standard InChI is InChI=1S/C16H18FN3O2S/c17-13-3-1-12(2-4-13)16(21)18-9-15-19-14(11-23-15)10-20-5-7-22-8-6-20/h1-4,11H,5-10H2,(H,18,21). The Morgan fingerprint density at radius 1 is 1.30 bits per heavy atom. The molecule has 0 saturated carbocycles. The second-order valence-electron chi connectivity index (χ2n) is 5.31. The molecule has 3 rings (SSSR count). The average Bonchev–Trinajstić information content (AvgIpc) is 3.02. The molecule has 0 bridgehead atoms. The normalized spacial score (nSPS) is 15.5. The van der Waals surface area contributed by atoms with Gasteiger partial charge in [-0.15, -0.1) is 11.3 Å². The minimum atomic E-state index is -0.353. The predicted octanol–water partition coefficient (Wildman–Crippen LogP) is 2.04. The summed E-state index contributed by atoms with van der Waals surface area (Å²) >= 11 is 1.53. The van der Waals surface area contributed by atoms with Crippen molar-refractivity contribution in [3.63, 3.8) is 0 Å². The first-order valence-corrected chi connectivity index (χ1v) is 8.36. The average molecular weight is 335 g/mol. The third-order valence-electron chi connectivity index (χ3n) is 3.60. The zero-order valence-corrected chi connectivity index (χ0v) is 13.4. The molecular weight excluding hydrogens is 317 g/mol. The largest absolute Gasteiger partial charge is 0.379 e. The summed E-state index contributed by atoms with van der Waals surface area (Å²) in [4.78, 5) is 18.8. The first-order chi connectivity index (χ1) is 11.2. The fourth-order valence-corrected chi connectivity index (χ4v) is 3.08. The van der Waals surface area contributed by atoms with Crippen LogP contribution in [0.25, 0.3) is 0 Å². The van der Waals surface area contributed by atoms with Gasteiger partial charge >= 0.3 is 0 Å². The highest BCUT2D eigenvalue weighted by molar-refractivity contribution is 7.09. The van der Waals surface area contributed by atoms with Crippen molar-refractivity contribution in [2.75, 3.05) is 26.3 Å². The fourth-order valence-electron chi connectivity index (χ4n) is 2.35. The quantitative estimate of drug-likeness (QED) is 0.909. The molecule has 0 atom stereocenters. The lowest BCUT2D eigenvalue weighted by molar-refractivity contribution is 0.0337. The van der Waals surface area contributed by atoms with Gasteiger partial charge in [0.25, 0.3) is 5.91 Å². The number of hydrogen-bond donors (Lipinski definition) is 1. The van der Waals surface area contributed by atoms with Gasteiger partial charge < -0.3 is 10.1 Å². The van der Waals surface area contributed by atoms with Crippen LogP contribution in [0.5, 0.6) is 0 Å². The lowest BCUT2D eigenvalue weighted by atomic mass is 10.2. The summed E-state index contributed by atoms with van der Waals surface area (Å²) in [6, 6.07) is 5.49. The van der Waals surface area contributed by atoms with Crippen molar-refractivity contribution >= 4 is 17.2 Å². The summed E-state index contributed by atoms with van der Waals surface area (Å²) < 4.78 is 18.2. The van der Waals surface area contributed by atoms with Crippen LogP contribution < -0.4 is 5.32 Å². The Balaban J connectivity index is 1.50. The minimum Gasteiger partial charge on any atom is -0.379 e. The maximum atomic E-state index is 12.8. The molecule has 1 N–H and O–H groups in total. The molecule has 1 aromatic carbocycles. The van der Waals surface area contributed by atoms with Gasteiger partial charge in [0.2, 0.25) is 0 Å². The van der Waals surface area contributed by atoms with Crippen molar-refractivity contribution in [3.8, 4) is 0 Å². The summed E-state index contributed by atoms with van der Waals surface area (Å²) in [5, 5.41) is 5.69. The number of aromatic nitrogens is 1. The van der Waals surface area contributed by atoms with E-state index in [1.807, 2.05) is 5.38 Å². The van der Waals surface area contributed by atoms with E-state index < -0.39 is 0 Å². The number of nitrogens with zero attached hydrogens (tertiary/aromatic N) is 2. The SMILES string of the molecule is O=C(NCc1nc(CN2CCOCC2)cs1)c1ccc(F)cc1. The summed E-state index contributed by atoms with van der Waals surface area (Å²) in [6.07, 6.45) is 0. The number of morpholine rings is 1. The molecule has 23 heavy (non-hydrogen) atoms. The molecule has 1 aromatic heterocycles. The molecule has 1 saturated heterocycles. The third kappa shape index (κ3) is 4.57. The van der Waals surface area contributed by atoms with Crippen LogP contribution in [-0.4, -0.2) is 42.1 Å². The van der Waals surface area contributed by atoms with E-state index in [4.69, 9.17) is 4.74 Å². The molecule has 1 amide bonds. The number of carbonyl (C=O) groups is 1. The van der Waals surface area contributed by atoms with E-state index in [1.54, 1.807) is 0 Å². The highest BCUT2D eigenvalue weighted by atomic mass is 32.1. The van der Waals surface area contributed by atoms with Crippen LogP contribution in [0.15, 0.2) is 29.6 Å². The zero-order valence-electron chi connectivity index (χ0n) is 12.6. The van der Waals surface area contributed by atoms with Crippen LogP contribution in [-0.2, 0) is 17.8 Å². The molecule has 1 aliphatic heterocycles. The van der Waals surface area contributed by atoms with Crippen LogP contribution in [0.1, 0.15) is 21.1 Å². The molecule has 0 spiro atoms. The molecule has 5 nitrogen and oxygen atoms in total. The molecule has 0 unspecified atom stereocenters. The Kier molecular flexibility index (Phi) is 5.32. The maximum absolute atomic E-state index is 12.8. The number of nitrogens with one attached hydrogen (secondary N) is 1. The van der Waals surface area contributed by atoms with Gasteiger partial charge in [-0.3, -0.25) is 9.69 Å². The highest BCUT2D eigenvalue weighted by Crippen LogP contribution is 2.13. The van der Waals surface area contributed by atoms with Crippen LogP contribution in [0.3, 0.4) is 0 Å². The minimum absolute atomic E-state index is 0.227. The van der Waals surface area contributed by atoms with Crippen LogP contribution in [0.4, 0.5) is 4.39 Å². The maximum Gasteiger partial charge on any atom is 0.251 e. The zero-order chi connectivity index (χ0) is 16.1. The second kappa shape index (κ2) is 7.63. The molecule has 1 aliphatic rings. The van der Waals surface area contributed by atoms with Crippen LogP contribution in [0.2, 0.25) is 0 Å². The Hall–Kier alpha value is -1.83. The number of rotatable bonds is 5. The van der Waals surface area contributed by atoms with E-state index >= 15 is 0 Å². The number of thiazole rings is 1. The molecule has 1 fully saturated rings. The van der Waals surface area contributed by atoms with Crippen LogP contribution >= 0.6 is 11.3 Å². The topological polar surface area (TPSA) is 54.5 Å². The van der Waals surface area contributed by atoms with Gasteiger partial charge in [0.05, 0.1) is 25.5 Å². The Bertz CT molecular complexity index is 654. The fraction of sp³-hybridized carbons (Fsp3) is 0.375. The van der Waals surface area contributed by atoms with E-state index in [9.17, 15) is 9.18 Å². The Labute approximate surface area is 138 Å². The van der Waals surface area contributed by atoms with Gasteiger partial charge in [0, 0.05) is 30.6 Å². The first-order valence-electron chi connectivity index (χ1n) is 7.48. The van der Waals surface area contributed by atoms with Gasteiger partial charge in [-0.05, 0) is 24.3 Å². The van der Waals surface area contributed by atoms with Crippen LogP contribution in [0, 0.1) is 5.82 Å². The molecule has 2 aromatic rings. The number of benzene rings is 1. The molecular formula is C16H18FN3O2S. The van der Waals surface area contributed by atoms with E-state index in [0.717, 1.165) is 43.5 Å². The summed E-state index contributed by atoms with van der Waals surface area (Å²) in [6.45, 7) is 4.58. The number of halogens is 1. The highest BCUT2D eigenvalue weighted by Gasteiger charge is 2.13. The molecule has 0 aliphatic carbocycles. The molecule has 0 radical (unpaired) electrons. The van der Waals surface area contributed by atoms with Gasteiger partial charge in [0.15, 0.2) is 0 Å². The van der Waals surface area contributed by atoms with E-state index in [-0.39, 0.29) is 11.7 Å². The summed E-state index contributed by atoms with van der Waals surface area (Å²) in [7, 11) is 0. The van der Waals surface area contributed by atoms with Crippen molar-refractivity contribution < 1.29 is 13.9 Å². The summed E-state index contributed by atoms with van der Waals surface area (Å²) in [5.74, 6) is -0.579. The Morgan fingerprint density at radius 3 is 2.78 bits per heavy atom. The molecule has 122 valence electrons. The number of hydrogen-bond acceptors (Lipinski definition) is 5. The number of ether oxygens (including phenoxy) is 1. The van der Waals surface area contributed by atoms with Gasteiger partial charge in [-0.2, -0.15) is 0 Å². The van der Waals surface area contributed by atoms with Crippen molar-refractivity contribution in [1.29, 1.82) is 0 Å². The smallest absolute Gasteiger partial charge is 0.251 e. The molecule has 7 heteroatoms. The van der Waals surface area contributed by atoms with E-state index in [0.29, 0.717) is 12.1 Å². The lowest BCUT2D eigenvalue weighted by Gasteiger charge is -2.25. The van der Waals surface area contributed by atoms with Gasteiger partial charge in [0.1, 0.15) is 10.8 Å². The Morgan fingerprint density at radius 2 is 2.04 bits per heavy atom. The third-order valence-corrected chi connectivity index (χ3v) is 4.49. The second-order valence-corrected chi connectivity index (χ2v) is 6.25. The van der Waals surface area contributed by atoms with Crippen molar-refractivity contribution in [3.05, 3.63) is 51.7 Å². The van der Waals surface area contributed by atoms with Gasteiger partial charge in [-0.1, -0.05) is 0 Å².